The highest BCUT2D eigenvalue weighted by Gasteiger charge is 2.27. The van der Waals surface area contributed by atoms with Crippen LogP contribution in [0.15, 0.2) is 24.3 Å². The number of nitrogens with one attached hydrogen (secondary N) is 2. The van der Waals surface area contributed by atoms with Crippen molar-refractivity contribution in [2.24, 2.45) is 5.92 Å². The van der Waals surface area contributed by atoms with Gasteiger partial charge in [0.25, 0.3) is 11.8 Å². The molecule has 2 heterocycles. The van der Waals surface area contributed by atoms with Gasteiger partial charge in [0.05, 0.1) is 12.3 Å². The van der Waals surface area contributed by atoms with E-state index in [1.807, 2.05) is 37.5 Å². The van der Waals surface area contributed by atoms with Gasteiger partial charge in [-0.2, -0.15) is 0 Å². The minimum absolute atomic E-state index is 0.209. The number of amides is 2. The Morgan fingerprint density at radius 2 is 1.93 bits per heavy atom. The van der Waals surface area contributed by atoms with Gasteiger partial charge in [-0.05, 0) is 56.4 Å². The summed E-state index contributed by atoms with van der Waals surface area (Å²) in [4.78, 5) is 29.9. The molecule has 0 unspecified atom stereocenters. The molecule has 1 aliphatic heterocycles. The van der Waals surface area contributed by atoms with Gasteiger partial charge in [0.15, 0.2) is 5.82 Å². The number of benzene rings is 1. The van der Waals surface area contributed by atoms with E-state index in [1.54, 1.807) is 12.1 Å². The number of hydrogen-bond acceptors (Lipinski definition) is 4. The molecule has 0 atom stereocenters. The van der Waals surface area contributed by atoms with Crippen LogP contribution < -0.4 is 15.4 Å². The number of anilines is 1. The molecule has 0 fully saturated rings. The van der Waals surface area contributed by atoms with Gasteiger partial charge in [-0.15, -0.1) is 0 Å². The van der Waals surface area contributed by atoms with Crippen molar-refractivity contribution < 1.29 is 14.3 Å². The molecule has 2 amide bonds. The lowest BCUT2D eigenvalue weighted by atomic mass is 10.1. The molecule has 7 nitrogen and oxygen atoms in total. The fourth-order valence-electron chi connectivity index (χ4n) is 3.27. The summed E-state index contributed by atoms with van der Waals surface area (Å²) in [6.45, 7) is 7.88. The van der Waals surface area contributed by atoms with Gasteiger partial charge in [0, 0.05) is 18.8 Å². The van der Waals surface area contributed by atoms with Crippen LogP contribution in [-0.2, 0) is 13.0 Å². The highest BCUT2D eigenvalue weighted by molar-refractivity contribution is 6.03. The van der Waals surface area contributed by atoms with Gasteiger partial charge in [-0.3, -0.25) is 9.59 Å². The van der Waals surface area contributed by atoms with Crippen LogP contribution >= 0.6 is 0 Å². The van der Waals surface area contributed by atoms with E-state index < -0.39 is 0 Å². The number of fused-ring (bicyclic) bond motifs is 1. The van der Waals surface area contributed by atoms with E-state index >= 15 is 0 Å². The summed E-state index contributed by atoms with van der Waals surface area (Å²) in [5.74, 6) is 0.876. The molecule has 28 heavy (non-hydrogen) atoms. The third-order valence-corrected chi connectivity index (χ3v) is 4.63. The first-order valence-corrected chi connectivity index (χ1v) is 9.91. The fourth-order valence-corrected chi connectivity index (χ4v) is 3.27. The Morgan fingerprint density at radius 3 is 2.61 bits per heavy atom. The van der Waals surface area contributed by atoms with Crippen molar-refractivity contribution in [1.82, 2.24) is 14.9 Å². The van der Waals surface area contributed by atoms with Crippen molar-refractivity contribution in [1.29, 1.82) is 0 Å². The van der Waals surface area contributed by atoms with Gasteiger partial charge >= 0.3 is 0 Å². The number of carbonyl (C=O) groups excluding carboxylic acids is 2. The quantitative estimate of drug-likeness (QED) is 0.767. The first-order valence-electron chi connectivity index (χ1n) is 9.91. The van der Waals surface area contributed by atoms with Crippen molar-refractivity contribution in [3.05, 3.63) is 41.5 Å². The van der Waals surface area contributed by atoms with Crippen LogP contribution in [0, 0.1) is 5.92 Å². The molecule has 0 saturated heterocycles. The van der Waals surface area contributed by atoms with Crippen LogP contribution in [0.2, 0.25) is 0 Å². The van der Waals surface area contributed by atoms with Gasteiger partial charge in [-0.25, -0.2) is 4.98 Å². The van der Waals surface area contributed by atoms with Gasteiger partial charge in [0.2, 0.25) is 0 Å². The summed E-state index contributed by atoms with van der Waals surface area (Å²) in [6.07, 6.45) is 2.73. The summed E-state index contributed by atoms with van der Waals surface area (Å²) in [5.41, 5.74) is 1.88. The molecular weight excluding hydrogens is 356 g/mol. The minimum atomic E-state index is -0.310. The first kappa shape index (κ1) is 19.9. The second-order valence-corrected chi connectivity index (χ2v) is 7.35. The summed E-state index contributed by atoms with van der Waals surface area (Å²) < 4.78 is 7.31. The second-order valence-electron chi connectivity index (χ2n) is 7.35. The molecule has 0 radical (unpaired) electrons. The molecule has 2 aromatic rings. The van der Waals surface area contributed by atoms with Crippen LogP contribution in [0.25, 0.3) is 0 Å². The van der Waals surface area contributed by atoms with Crippen LogP contribution in [0.3, 0.4) is 0 Å². The molecule has 0 bridgehead atoms. The van der Waals surface area contributed by atoms with Gasteiger partial charge in [0.1, 0.15) is 11.4 Å². The molecule has 1 aromatic heterocycles. The van der Waals surface area contributed by atoms with Crippen LogP contribution in [0.1, 0.15) is 60.4 Å². The van der Waals surface area contributed by atoms with Crippen molar-refractivity contribution >= 4 is 17.5 Å². The predicted octanol–water partition coefficient (Wildman–Crippen LogP) is 3.26. The van der Waals surface area contributed by atoms with E-state index in [9.17, 15) is 9.59 Å². The largest absolute Gasteiger partial charge is 0.494 e. The number of carbonyl (C=O) groups is 2. The fraction of sp³-hybridized carbons (Fsp3) is 0.476. The summed E-state index contributed by atoms with van der Waals surface area (Å²) >= 11 is 0. The van der Waals surface area contributed by atoms with E-state index in [2.05, 4.69) is 15.6 Å². The highest BCUT2D eigenvalue weighted by Crippen LogP contribution is 2.22. The zero-order valence-corrected chi connectivity index (χ0v) is 16.7. The van der Waals surface area contributed by atoms with Crippen LogP contribution in [-0.4, -0.2) is 34.5 Å². The molecule has 1 aromatic carbocycles. The third-order valence-electron chi connectivity index (χ3n) is 4.63. The zero-order valence-electron chi connectivity index (χ0n) is 16.7. The van der Waals surface area contributed by atoms with Crippen molar-refractivity contribution in [2.75, 3.05) is 18.5 Å². The molecule has 2 N–H and O–H groups in total. The number of hydrogen-bond donors (Lipinski definition) is 2. The van der Waals surface area contributed by atoms with E-state index in [-0.39, 0.29) is 11.8 Å². The highest BCUT2D eigenvalue weighted by atomic mass is 16.5. The maximum Gasteiger partial charge on any atom is 0.291 e. The monoisotopic (exact) mass is 384 g/mol. The Hall–Kier alpha value is -2.83. The Kier molecular flexibility index (Phi) is 6.34. The SMILES string of the molecule is CCOc1ccc(NC(=O)c2nc(C(=O)NCC(C)C)c3n2CCCC3)cc1. The van der Waals surface area contributed by atoms with Crippen molar-refractivity contribution in [3.63, 3.8) is 0 Å². The van der Waals surface area contributed by atoms with E-state index in [1.165, 1.54) is 0 Å². The topological polar surface area (TPSA) is 85.2 Å². The first-order chi connectivity index (χ1) is 13.5. The second kappa shape index (κ2) is 8.91. The number of ether oxygens (including phenoxy) is 1. The summed E-state index contributed by atoms with van der Waals surface area (Å²) in [5, 5.41) is 5.78. The van der Waals surface area contributed by atoms with Crippen LogP contribution in [0.4, 0.5) is 5.69 Å². The maximum absolute atomic E-state index is 12.8. The molecule has 3 rings (SSSR count). The zero-order chi connectivity index (χ0) is 20.1. The minimum Gasteiger partial charge on any atom is -0.494 e. The molecular formula is C21H28N4O3. The Labute approximate surface area is 165 Å². The Bertz CT molecular complexity index is 840. The number of imidazole rings is 1. The predicted molar refractivity (Wildman–Crippen MR) is 108 cm³/mol. The normalized spacial score (nSPS) is 13.1. The maximum atomic E-state index is 12.8. The molecule has 7 heteroatoms. The molecule has 150 valence electrons. The summed E-state index contributed by atoms with van der Waals surface area (Å²) in [6, 6.07) is 7.20. The Morgan fingerprint density at radius 1 is 1.18 bits per heavy atom. The third kappa shape index (κ3) is 4.52. The lowest BCUT2D eigenvalue weighted by Crippen LogP contribution is -2.29. The lowest BCUT2D eigenvalue weighted by molar-refractivity contribution is 0.0943. The average molecular weight is 384 g/mol. The molecule has 0 saturated carbocycles. The standard InChI is InChI=1S/C21H28N4O3/c1-4-28-16-10-8-15(9-11-16)23-21(27)19-24-18(20(26)22-13-14(2)3)17-7-5-6-12-25(17)19/h8-11,14H,4-7,12-13H2,1-3H3,(H,22,26)(H,23,27). The molecule has 1 aliphatic rings. The molecule has 0 spiro atoms. The lowest BCUT2D eigenvalue weighted by Gasteiger charge is -2.17. The van der Waals surface area contributed by atoms with E-state index in [4.69, 9.17) is 4.74 Å². The van der Waals surface area contributed by atoms with Gasteiger partial charge < -0.3 is 19.9 Å². The van der Waals surface area contributed by atoms with E-state index in [0.29, 0.717) is 42.8 Å². The summed E-state index contributed by atoms with van der Waals surface area (Å²) in [7, 11) is 0. The van der Waals surface area contributed by atoms with Crippen molar-refractivity contribution in [3.8, 4) is 5.75 Å². The Balaban J connectivity index is 1.80. The van der Waals surface area contributed by atoms with Crippen LogP contribution in [0.5, 0.6) is 5.75 Å². The number of nitrogens with zero attached hydrogens (tertiary/aromatic N) is 2. The van der Waals surface area contributed by atoms with Gasteiger partial charge in [-0.1, -0.05) is 13.8 Å². The number of aromatic nitrogens is 2. The average Bonchev–Trinajstić information content (AvgIpc) is 3.08. The number of rotatable bonds is 7. The van der Waals surface area contributed by atoms with Crippen molar-refractivity contribution in [2.45, 2.75) is 46.6 Å². The molecule has 0 aliphatic carbocycles. The smallest absolute Gasteiger partial charge is 0.291 e. The van der Waals surface area contributed by atoms with E-state index in [0.717, 1.165) is 30.7 Å².